The fourth-order valence-corrected chi connectivity index (χ4v) is 3.69. The number of anilines is 2. The van der Waals surface area contributed by atoms with Crippen molar-refractivity contribution in [1.29, 1.82) is 0 Å². The first-order valence-electron chi connectivity index (χ1n) is 5.73. The highest BCUT2D eigenvalue weighted by atomic mass is 32.2. The summed E-state index contributed by atoms with van der Waals surface area (Å²) in [5.41, 5.74) is 5.90. The molecule has 19 heavy (non-hydrogen) atoms. The topological polar surface area (TPSA) is 85.1 Å². The Morgan fingerprint density at radius 1 is 1.32 bits per heavy atom. The lowest BCUT2D eigenvalue weighted by atomic mass is 10.2. The number of rotatable bonds is 4. The molecule has 102 valence electrons. The Hall–Kier alpha value is -1.60. The maximum Gasteiger partial charge on any atom is 0.265 e. The Morgan fingerprint density at radius 3 is 2.58 bits per heavy atom. The molecule has 0 aliphatic heterocycles. The number of thiazole rings is 1. The zero-order valence-corrected chi connectivity index (χ0v) is 12.3. The molecule has 1 aromatic carbocycles. The van der Waals surface area contributed by atoms with Crippen LogP contribution in [0.25, 0.3) is 0 Å². The molecule has 2 rings (SSSR count). The van der Waals surface area contributed by atoms with Gasteiger partial charge in [0.05, 0.1) is 5.69 Å². The predicted octanol–water partition coefficient (Wildman–Crippen LogP) is 2.65. The molecule has 0 aliphatic carbocycles. The molecule has 0 aliphatic rings. The highest BCUT2D eigenvalue weighted by molar-refractivity contribution is 7.93. The van der Waals surface area contributed by atoms with Gasteiger partial charge in [0.25, 0.3) is 10.0 Å². The number of hydrogen-bond acceptors (Lipinski definition) is 5. The van der Waals surface area contributed by atoms with Crippen LogP contribution in [0.1, 0.15) is 24.6 Å². The SMILES string of the molecule is CC(C)c1cnc(NS(=O)(=O)c2ccccc2N)s1. The Bertz CT molecular complexity index is 678. The van der Waals surface area contributed by atoms with Gasteiger partial charge in [0.1, 0.15) is 4.90 Å². The summed E-state index contributed by atoms with van der Waals surface area (Å²) in [5, 5.41) is 0.354. The Morgan fingerprint density at radius 2 is 2.00 bits per heavy atom. The highest BCUT2D eigenvalue weighted by Gasteiger charge is 2.18. The first-order chi connectivity index (χ1) is 8.90. The largest absolute Gasteiger partial charge is 0.398 e. The minimum Gasteiger partial charge on any atom is -0.398 e. The molecule has 0 saturated heterocycles. The van der Waals surface area contributed by atoms with Crippen molar-refractivity contribution in [1.82, 2.24) is 4.98 Å². The van der Waals surface area contributed by atoms with E-state index in [1.54, 1.807) is 24.4 Å². The Balaban J connectivity index is 2.29. The van der Waals surface area contributed by atoms with E-state index in [0.717, 1.165) is 4.88 Å². The van der Waals surface area contributed by atoms with Crippen LogP contribution in [0.5, 0.6) is 0 Å². The third-order valence-electron chi connectivity index (χ3n) is 2.52. The number of benzene rings is 1. The average Bonchev–Trinajstić information content (AvgIpc) is 2.77. The lowest BCUT2D eigenvalue weighted by Gasteiger charge is -2.07. The van der Waals surface area contributed by atoms with Gasteiger partial charge in [-0.1, -0.05) is 26.0 Å². The van der Waals surface area contributed by atoms with Gasteiger partial charge in [-0.05, 0) is 18.1 Å². The van der Waals surface area contributed by atoms with Gasteiger partial charge < -0.3 is 5.73 Å². The van der Waals surface area contributed by atoms with E-state index >= 15 is 0 Å². The standard InChI is InChI=1S/C12H15N3O2S2/c1-8(2)10-7-14-12(18-10)15-19(16,17)11-6-4-3-5-9(11)13/h3-8H,13H2,1-2H3,(H,14,15). The number of sulfonamides is 1. The molecule has 3 N–H and O–H groups in total. The summed E-state index contributed by atoms with van der Waals surface area (Å²) in [6.07, 6.45) is 1.68. The van der Waals surface area contributed by atoms with Crippen molar-refractivity contribution in [2.24, 2.45) is 0 Å². The first kappa shape index (κ1) is 13.8. The third kappa shape index (κ3) is 3.05. The highest BCUT2D eigenvalue weighted by Crippen LogP contribution is 2.28. The molecule has 0 atom stereocenters. The van der Waals surface area contributed by atoms with E-state index in [4.69, 9.17) is 5.73 Å². The number of aromatic nitrogens is 1. The maximum absolute atomic E-state index is 12.2. The second-order valence-corrected chi connectivity index (χ2v) is 7.08. The van der Waals surface area contributed by atoms with Crippen molar-refractivity contribution in [2.45, 2.75) is 24.7 Å². The van der Waals surface area contributed by atoms with Crippen LogP contribution in [0.2, 0.25) is 0 Å². The lowest BCUT2D eigenvalue weighted by molar-refractivity contribution is 0.601. The molecule has 0 spiro atoms. The lowest BCUT2D eigenvalue weighted by Crippen LogP contribution is -2.14. The molecule has 0 unspecified atom stereocenters. The van der Waals surface area contributed by atoms with E-state index < -0.39 is 10.0 Å². The second kappa shape index (κ2) is 5.18. The van der Waals surface area contributed by atoms with Crippen LogP contribution in [0.3, 0.4) is 0 Å². The number of hydrogen-bond donors (Lipinski definition) is 2. The fourth-order valence-electron chi connectivity index (χ4n) is 1.50. The van der Waals surface area contributed by atoms with Crippen LogP contribution >= 0.6 is 11.3 Å². The van der Waals surface area contributed by atoms with Gasteiger partial charge in [-0.25, -0.2) is 13.4 Å². The molecule has 1 heterocycles. The number of nitrogens with zero attached hydrogens (tertiary/aromatic N) is 1. The molecule has 0 amide bonds. The van der Waals surface area contributed by atoms with Gasteiger partial charge in [-0.2, -0.15) is 0 Å². The van der Waals surface area contributed by atoms with Crippen molar-refractivity contribution in [2.75, 3.05) is 10.5 Å². The van der Waals surface area contributed by atoms with E-state index in [1.165, 1.54) is 17.4 Å². The van der Waals surface area contributed by atoms with Crippen molar-refractivity contribution < 1.29 is 8.42 Å². The van der Waals surface area contributed by atoms with E-state index in [2.05, 4.69) is 9.71 Å². The van der Waals surface area contributed by atoms with E-state index in [0.29, 0.717) is 11.0 Å². The quantitative estimate of drug-likeness (QED) is 0.850. The van der Waals surface area contributed by atoms with Crippen molar-refractivity contribution >= 4 is 32.2 Å². The van der Waals surface area contributed by atoms with Crippen LogP contribution in [0.15, 0.2) is 35.4 Å². The smallest absolute Gasteiger partial charge is 0.265 e. The van der Waals surface area contributed by atoms with E-state index in [9.17, 15) is 8.42 Å². The van der Waals surface area contributed by atoms with Gasteiger partial charge in [-0.15, -0.1) is 11.3 Å². The maximum atomic E-state index is 12.2. The minimum absolute atomic E-state index is 0.0660. The number of para-hydroxylation sites is 1. The normalized spacial score (nSPS) is 11.7. The molecule has 5 nitrogen and oxygen atoms in total. The van der Waals surface area contributed by atoms with Gasteiger partial charge >= 0.3 is 0 Å². The zero-order chi connectivity index (χ0) is 14.0. The summed E-state index contributed by atoms with van der Waals surface area (Å²) in [6.45, 7) is 4.06. The van der Waals surface area contributed by atoms with E-state index in [1.807, 2.05) is 13.8 Å². The average molecular weight is 297 g/mol. The molecular formula is C12H15N3O2S2. The fraction of sp³-hybridized carbons (Fsp3) is 0.250. The number of nitrogens with two attached hydrogens (primary N) is 1. The minimum atomic E-state index is -3.68. The molecule has 0 saturated carbocycles. The molecule has 2 aromatic rings. The molecular weight excluding hydrogens is 282 g/mol. The monoisotopic (exact) mass is 297 g/mol. The summed E-state index contributed by atoms with van der Waals surface area (Å²) in [6, 6.07) is 6.34. The van der Waals surface area contributed by atoms with Crippen LogP contribution in [0, 0.1) is 0 Å². The molecule has 0 bridgehead atoms. The summed E-state index contributed by atoms with van der Waals surface area (Å²) < 4.78 is 26.8. The van der Waals surface area contributed by atoms with Crippen LogP contribution in [-0.4, -0.2) is 13.4 Å². The van der Waals surface area contributed by atoms with Crippen molar-refractivity contribution in [3.63, 3.8) is 0 Å². The summed E-state index contributed by atoms with van der Waals surface area (Å²) in [5.74, 6) is 0.317. The zero-order valence-electron chi connectivity index (χ0n) is 10.6. The molecule has 7 heteroatoms. The Kier molecular flexibility index (Phi) is 3.77. The summed E-state index contributed by atoms with van der Waals surface area (Å²) in [4.78, 5) is 5.16. The molecule has 0 radical (unpaired) electrons. The third-order valence-corrected chi connectivity index (χ3v) is 5.28. The second-order valence-electron chi connectivity index (χ2n) is 4.37. The van der Waals surface area contributed by atoms with Crippen molar-refractivity contribution in [3.8, 4) is 0 Å². The van der Waals surface area contributed by atoms with Crippen LogP contribution in [-0.2, 0) is 10.0 Å². The Labute approximate surface area is 116 Å². The van der Waals surface area contributed by atoms with Gasteiger partial charge in [0.2, 0.25) is 0 Å². The van der Waals surface area contributed by atoms with Gasteiger partial charge in [0, 0.05) is 11.1 Å². The summed E-state index contributed by atoms with van der Waals surface area (Å²) >= 11 is 1.33. The summed E-state index contributed by atoms with van der Waals surface area (Å²) in [7, 11) is -3.68. The van der Waals surface area contributed by atoms with E-state index in [-0.39, 0.29) is 10.6 Å². The molecule has 1 aromatic heterocycles. The first-order valence-corrected chi connectivity index (χ1v) is 8.03. The number of nitrogen functional groups attached to an aromatic ring is 1. The van der Waals surface area contributed by atoms with Crippen molar-refractivity contribution in [3.05, 3.63) is 35.3 Å². The van der Waals surface area contributed by atoms with Crippen LogP contribution < -0.4 is 10.5 Å². The predicted molar refractivity (Wildman–Crippen MR) is 77.9 cm³/mol. The number of nitrogens with one attached hydrogen (secondary N) is 1. The van der Waals surface area contributed by atoms with Gasteiger partial charge in [0.15, 0.2) is 5.13 Å². The van der Waals surface area contributed by atoms with Crippen LogP contribution in [0.4, 0.5) is 10.8 Å². The molecule has 0 fully saturated rings. The van der Waals surface area contributed by atoms with Gasteiger partial charge in [-0.3, -0.25) is 4.72 Å².